The molecule has 0 aliphatic heterocycles. The van der Waals surface area contributed by atoms with Crippen molar-refractivity contribution in [2.24, 2.45) is 0 Å². The van der Waals surface area contributed by atoms with E-state index in [0.29, 0.717) is 47.2 Å². The summed E-state index contributed by atoms with van der Waals surface area (Å²) in [4.78, 5) is 13.1. The first-order valence-electron chi connectivity index (χ1n) is 11.5. The third-order valence-corrected chi connectivity index (χ3v) is 5.96. The van der Waals surface area contributed by atoms with E-state index in [4.69, 9.17) is 9.84 Å². The molecule has 4 aromatic rings. The lowest BCUT2D eigenvalue weighted by Gasteiger charge is -2.14. The molecule has 35 heavy (non-hydrogen) atoms. The zero-order valence-electron chi connectivity index (χ0n) is 19.3. The summed E-state index contributed by atoms with van der Waals surface area (Å²) in [5.41, 5.74) is 4.64. The Hall–Kier alpha value is -4.27. The van der Waals surface area contributed by atoms with Gasteiger partial charge in [-0.1, -0.05) is 24.8 Å². The van der Waals surface area contributed by atoms with Crippen molar-refractivity contribution in [3.05, 3.63) is 83.7 Å². The third kappa shape index (κ3) is 4.44. The summed E-state index contributed by atoms with van der Waals surface area (Å²) < 4.78 is 21.6. The van der Waals surface area contributed by atoms with Crippen LogP contribution < -0.4 is 5.32 Å². The zero-order valence-corrected chi connectivity index (χ0v) is 19.3. The van der Waals surface area contributed by atoms with Crippen molar-refractivity contribution < 1.29 is 14.2 Å². The Morgan fingerprint density at radius 2 is 2.09 bits per heavy atom. The summed E-state index contributed by atoms with van der Waals surface area (Å²) in [5.74, 6) is 0.699. The maximum absolute atomic E-state index is 14.3. The fourth-order valence-corrected chi connectivity index (χ4v) is 4.29. The fraction of sp³-hybridized carbons (Fsp3) is 0.231. The number of hydrogen-bond acceptors (Lipinski definition) is 7. The van der Waals surface area contributed by atoms with E-state index < -0.39 is 0 Å². The highest BCUT2D eigenvalue weighted by Gasteiger charge is 2.26. The van der Waals surface area contributed by atoms with Crippen LogP contribution in [0.1, 0.15) is 35.7 Å². The molecule has 1 aliphatic carbocycles. The van der Waals surface area contributed by atoms with Crippen molar-refractivity contribution in [2.45, 2.75) is 32.7 Å². The third-order valence-electron chi connectivity index (χ3n) is 5.96. The molecule has 178 valence electrons. The van der Waals surface area contributed by atoms with Gasteiger partial charge in [-0.15, -0.1) is 0 Å². The second kappa shape index (κ2) is 9.54. The molecule has 0 unspecified atom stereocenters. The Morgan fingerprint density at radius 1 is 1.23 bits per heavy atom. The Balaban J connectivity index is 1.50. The monoisotopic (exact) mass is 472 g/mol. The minimum Gasteiger partial charge on any atom is -0.503 e. The first-order valence-corrected chi connectivity index (χ1v) is 11.5. The van der Waals surface area contributed by atoms with Gasteiger partial charge in [0.25, 0.3) is 0 Å². The van der Waals surface area contributed by atoms with E-state index in [1.165, 1.54) is 12.3 Å². The highest BCUT2D eigenvalue weighted by Crippen LogP contribution is 2.34. The average Bonchev–Trinajstić information content (AvgIpc) is 3.46. The van der Waals surface area contributed by atoms with Crippen molar-refractivity contribution >= 4 is 17.3 Å². The van der Waals surface area contributed by atoms with E-state index in [0.717, 1.165) is 30.5 Å². The van der Waals surface area contributed by atoms with Gasteiger partial charge in [-0.2, -0.15) is 5.10 Å². The van der Waals surface area contributed by atoms with E-state index in [1.807, 2.05) is 17.7 Å². The van der Waals surface area contributed by atoms with Crippen molar-refractivity contribution in [3.8, 4) is 17.3 Å². The predicted octanol–water partition coefficient (Wildman–Crippen LogP) is 4.87. The molecule has 0 amide bonds. The van der Waals surface area contributed by atoms with Gasteiger partial charge in [0.1, 0.15) is 17.3 Å². The molecule has 0 saturated carbocycles. The van der Waals surface area contributed by atoms with Crippen molar-refractivity contribution in [3.63, 3.8) is 0 Å². The van der Waals surface area contributed by atoms with Gasteiger partial charge < -0.3 is 15.2 Å². The van der Waals surface area contributed by atoms with Gasteiger partial charge >= 0.3 is 0 Å². The molecule has 0 radical (unpaired) electrons. The second-order valence-electron chi connectivity index (χ2n) is 8.21. The Bertz CT molecular complexity index is 1400. The van der Waals surface area contributed by atoms with Crippen LogP contribution in [0.5, 0.6) is 5.75 Å². The van der Waals surface area contributed by atoms with E-state index in [2.05, 4.69) is 26.8 Å². The quantitative estimate of drug-likeness (QED) is 0.353. The molecule has 1 aromatic carbocycles. The van der Waals surface area contributed by atoms with Gasteiger partial charge in [0.2, 0.25) is 0 Å². The van der Waals surface area contributed by atoms with Crippen LogP contribution in [0.25, 0.3) is 17.3 Å². The molecule has 3 heterocycles. The maximum atomic E-state index is 14.3. The summed E-state index contributed by atoms with van der Waals surface area (Å²) in [7, 11) is 0. The normalized spacial score (nSPS) is 12.4. The number of nitrogens with zero attached hydrogens (tertiary/aromatic N) is 5. The molecule has 1 aliphatic rings. The summed E-state index contributed by atoms with van der Waals surface area (Å²) in [5, 5.41) is 18.4. The number of fused-ring (bicyclic) bond motifs is 1. The molecule has 2 N–H and O–H groups in total. The predicted molar refractivity (Wildman–Crippen MR) is 131 cm³/mol. The molecule has 5 rings (SSSR count). The maximum Gasteiger partial charge on any atom is 0.182 e. The highest BCUT2D eigenvalue weighted by atomic mass is 19.1. The molecule has 3 aromatic heterocycles. The van der Waals surface area contributed by atoms with Gasteiger partial charge in [0, 0.05) is 29.2 Å². The number of nitrogens with one attached hydrogen (secondary N) is 1. The Labute approximate surface area is 202 Å². The number of hydrogen-bond donors (Lipinski definition) is 2. The first-order chi connectivity index (χ1) is 17.0. The number of benzene rings is 1. The Kier molecular flexibility index (Phi) is 6.13. The minimum atomic E-state index is -0.259. The summed E-state index contributed by atoms with van der Waals surface area (Å²) in [6, 6.07) is 8.46. The van der Waals surface area contributed by atoms with Gasteiger partial charge in [0.05, 0.1) is 30.6 Å². The first kappa shape index (κ1) is 22.5. The van der Waals surface area contributed by atoms with Crippen LogP contribution in [0.3, 0.4) is 0 Å². The van der Waals surface area contributed by atoms with Crippen LogP contribution in [-0.2, 0) is 24.1 Å². The van der Waals surface area contributed by atoms with Crippen molar-refractivity contribution in [1.29, 1.82) is 0 Å². The molecular weight excluding hydrogens is 447 g/mol. The van der Waals surface area contributed by atoms with Crippen LogP contribution in [0.2, 0.25) is 0 Å². The smallest absolute Gasteiger partial charge is 0.182 e. The number of pyridine rings is 1. The molecule has 0 atom stereocenters. The van der Waals surface area contributed by atoms with Gasteiger partial charge in [-0.25, -0.2) is 14.4 Å². The van der Waals surface area contributed by atoms with Gasteiger partial charge in [-0.05, 0) is 38.3 Å². The topological polar surface area (TPSA) is 98.0 Å². The lowest BCUT2D eigenvalue weighted by atomic mass is 10.2. The lowest BCUT2D eigenvalue weighted by molar-refractivity contribution is 0.299. The van der Waals surface area contributed by atoms with Crippen LogP contribution >= 0.6 is 0 Å². The number of ether oxygens (including phenoxy) is 1. The zero-order chi connectivity index (χ0) is 24.4. The van der Waals surface area contributed by atoms with Crippen LogP contribution in [-0.4, -0.2) is 36.4 Å². The van der Waals surface area contributed by atoms with Gasteiger partial charge in [0.15, 0.2) is 17.4 Å². The summed E-state index contributed by atoms with van der Waals surface area (Å²) in [6.45, 7) is 6.63. The molecule has 0 spiro atoms. The molecule has 8 nitrogen and oxygen atoms in total. The number of aromatic hydroxyl groups is 1. The number of aromatic nitrogens is 5. The minimum absolute atomic E-state index is 0.110. The SMILES string of the molecule is C=C(OCC)c1cnccc1Nc1nc(-c2nn(Cc3ccccc3F)c3c2CCC3)ncc1O. The number of anilines is 2. The molecule has 9 heteroatoms. The molecule has 0 bridgehead atoms. The molecule has 0 saturated heterocycles. The van der Waals surface area contributed by atoms with E-state index in [1.54, 1.807) is 30.6 Å². The molecular formula is C26H25FN6O2. The fourth-order valence-electron chi connectivity index (χ4n) is 4.29. The largest absolute Gasteiger partial charge is 0.503 e. The lowest BCUT2D eigenvalue weighted by Crippen LogP contribution is -2.07. The Morgan fingerprint density at radius 3 is 2.91 bits per heavy atom. The van der Waals surface area contributed by atoms with E-state index in [-0.39, 0.29) is 17.4 Å². The van der Waals surface area contributed by atoms with E-state index in [9.17, 15) is 9.50 Å². The second-order valence-corrected chi connectivity index (χ2v) is 8.21. The van der Waals surface area contributed by atoms with Gasteiger partial charge in [-0.3, -0.25) is 9.67 Å². The van der Waals surface area contributed by atoms with E-state index >= 15 is 0 Å². The highest BCUT2D eigenvalue weighted by molar-refractivity contribution is 5.75. The molecule has 0 fully saturated rings. The standard InChI is InChI=1S/C26H25FN6O2/c1-3-35-16(2)19-13-28-12-11-21(19)30-25-23(34)14-29-26(31-25)24-18-8-6-10-22(18)33(32-24)15-17-7-4-5-9-20(17)27/h4-5,7,9,11-14,34H,2-3,6,8,10,15H2,1H3,(H,28,29,30,31). The number of rotatable bonds is 8. The van der Waals surface area contributed by atoms with Crippen LogP contribution in [0.4, 0.5) is 15.9 Å². The summed E-state index contributed by atoms with van der Waals surface area (Å²) in [6.07, 6.45) is 7.30. The van der Waals surface area contributed by atoms with Crippen molar-refractivity contribution in [1.82, 2.24) is 24.7 Å². The van der Waals surface area contributed by atoms with Crippen LogP contribution in [0.15, 0.2) is 55.5 Å². The van der Waals surface area contributed by atoms with Crippen molar-refractivity contribution in [2.75, 3.05) is 11.9 Å². The average molecular weight is 473 g/mol. The van der Waals surface area contributed by atoms with Crippen LogP contribution in [0, 0.1) is 5.82 Å². The summed E-state index contributed by atoms with van der Waals surface area (Å²) >= 11 is 0. The number of halogens is 1.